The molecule has 0 bridgehead atoms. The summed E-state index contributed by atoms with van der Waals surface area (Å²) in [5.74, 6) is -1.87. The highest BCUT2D eigenvalue weighted by Crippen LogP contribution is 2.39. The zero-order chi connectivity index (χ0) is 19.8. The van der Waals surface area contributed by atoms with Gasteiger partial charge in [-0.05, 0) is 62.2 Å². The molecule has 1 fully saturated rings. The second-order valence-corrected chi connectivity index (χ2v) is 7.23. The molecule has 1 saturated heterocycles. The van der Waals surface area contributed by atoms with E-state index >= 15 is 0 Å². The monoisotopic (exact) mass is 378 g/mol. The minimum Gasteiger partial charge on any atom is -0.322 e. The third-order valence-corrected chi connectivity index (χ3v) is 5.29. The Hall–Kier alpha value is -3.28. The second kappa shape index (κ2) is 7.03. The summed E-state index contributed by atoms with van der Waals surface area (Å²) in [6.45, 7) is 1.97. The number of amides is 3. The molecule has 1 heterocycles. The van der Waals surface area contributed by atoms with E-state index in [9.17, 15) is 18.8 Å². The molecule has 2 aromatic rings. The van der Waals surface area contributed by atoms with E-state index < -0.39 is 11.7 Å². The minimum atomic E-state index is -0.400. The molecule has 5 nitrogen and oxygen atoms in total. The molecule has 0 spiro atoms. The van der Waals surface area contributed by atoms with Crippen molar-refractivity contribution in [3.05, 3.63) is 71.6 Å². The SMILES string of the molecule is CC1=CC[C@@H]2C(=O)N(c3cccc(C(=O)Nc4ccc(F)cc4)c3)C(=O)[C@@H]2C1. The molecule has 4 rings (SSSR count). The van der Waals surface area contributed by atoms with Crippen LogP contribution in [0.5, 0.6) is 0 Å². The van der Waals surface area contributed by atoms with Crippen LogP contribution >= 0.6 is 0 Å². The maximum atomic E-state index is 13.0. The van der Waals surface area contributed by atoms with Gasteiger partial charge in [0.15, 0.2) is 0 Å². The number of anilines is 2. The number of rotatable bonds is 3. The van der Waals surface area contributed by atoms with E-state index in [0.29, 0.717) is 29.8 Å². The number of imide groups is 1. The summed E-state index contributed by atoms with van der Waals surface area (Å²) in [6.07, 6.45) is 3.18. The van der Waals surface area contributed by atoms with Gasteiger partial charge in [0.1, 0.15) is 5.82 Å². The van der Waals surface area contributed by atoms with E-state index in [0.717, 1.165) is 5.57 Å². The van der Waals surface area contributed by atoms with Crippen LogP contribution in [0.15, 0.2) is 60.2 Å². The summed E-state index contributed by atoms with van der Waals surface area (Å²) in [4.78, 5) is 39.4. The van der Waals surface area contributed by atoms with Gasteiger partial charge >= 0.3 is 0 Å². The third kappa shape index (κ3) is 3.22. The number of fused-ring (bicyclic) bond motifs is 1. The van der Waals surface area contributed by atoms with Gasteiger partial charge in [-0.15, -0.1) is 0 Å². The van der Waals surface area contributed by atoms with Crippen molar-refractivity contribution in [3.8, 4) is 0 Å². The lowest BCUT2D eigenvalue weighted by molar-refractivity contribution is -0.122. The van der Waals surface area contributed by atoms with Crippen LogP contribution < -0.4 is 10.2 Å². The molecule has 1 N–H and O–H groups in total. The van der Waals surface area contributed by atoms with Crippen LogP contribution in [0.1, 0.15) is 30.1 Å². The summed E-state index contributed by atoms with van der Waals surface area (Å²) < 4.78 is 13.0. The van der Waals surface area contributed by atoms with Gasteiger partial charge in [0.25, 0.3) is 5.91 Å². The fourth-order valence-electron chi connectivity index (χ4n) is 3.81. The van der Waals surface area contributed by atoms with Crippen molar-refractivity contribution < 1.29 is 18.8 Å². The van der Waals surface area contributed by atoms with Gasteiger partial charge in [0, 0.05) is 11.3 Å². The second-order valence-electron chi connectivity index (χ2n) is 7.23. The number of allylic oxidation sites excluding steroid dienone is 2. The number of carbonyl (C=O) groups is 3. The van der Waals surface area contributed by atoms with Crippen LogP contribution in [0.4, 0.5) is 15.8 Å². The lowest BCUT2D eigenvalue weighted by atomic mass is 9.82. The molecule has 2 aliphatic rings. The van der Waals surface area contributed by atoms with Crippen LogP contribution in [-0.4, -0.2) is 17.7 Å². The zero-order valence-corrected chi connectivity index (χ0v) is 15.3. The highest BCUT2D eigenvalue weighted by Gasteiger charge is 2.48. The smallest absolute Gasteiger partial charge is 0.255 e. The molecule has 0 unspecified atom stereocenters. The van der Waals surface area contributed by atoms with E-state index in [-0.39, 0.29) is 23.7 Å². The predicted molar refractivity (Wildman–Crippen MR) is 103 cm³/mol. The molecular formula is C22H19FN2O3. The van der Waals surface area contributed by atoms with Gasteiger partial charge in [-0.3, -0.25) is 19.3 Å². The highest BCUT2D eigenvalue weighted by molar-refractivity contribution is 6.22. The molecule has 1 aliphatic heterocycles. The largest absolute Gasteiger partial charge is 0.322 e. The molecule has 0 aromatic heterocycles. The van der Waals surface area contributed by atoms with E-state index in [1.807, 2.05) is 13.0 Å². The fraction of sp³-hybridized carbons (Fsp3) is 0.227. The quantitative estimate of drug-likeness (QED) is 0.650. The average Bonchev–Trinajstić information content (AvgIpc) is 2.93. The number of halogens is 1. The minimum absolute atomic E-state index is 0.210. The van der Waals surface area contributed by atoms with Crippen molar-refractivity contribution in [3.63, 3.8) is 0 Å². The molecule has 6 heteroatoms. The Morgan fingerprint density at radius 3 is 2.54 bits per heavy atom. The number of hydrogen-bond acceptors (Lipinski definition) is 3. The van der Waals surface area contributed by atoms with Crippen molar-refractivity contribution in [2.75, 3.05) is 10.2 Å². The molecule has 142 valence electrons. The van der Waals surface area contributed by atoms with Crippen LogP contribution in [0.3, 0.4) is 0 Å². The Labute approximate surface area is 161 Å². The average molecular weight is 378 g/mol. The molecular weight excluding hydrogens is 359 g/mol. The summed E-state index contributed by atoms with van der Waals surface area (Å²) >= 11 is 0. The first-order valence-electron chi connectivity index (χ1n) is 9.14. The first-order chi connectivity index (χ1) is 13.4. The number of nitrogens with zero attached hydrogens (tertiary/aromatic N) is 1. The first-order valence-corrected chi connectivity index (χ1v) is 9.14. The van der Waals surface area contributed by atoms with E-state index in [1.165, 1.54) is 35.2 Å². The van der Waals surface area contributed by atoms with Crippen LogP contribution in [0.2, 0.25) is 0 Å². The van der Waals surface area contributed by atoms with E-state index in [1.54, 1.807) is 18.2 Å². The Balaban J connectivity index is 1.57. The molecule has 0 saturated carbocycles. The number of hydrogen-bond donors (Lipinski definition) is 1. The predicted octanol–water partition coefficient (Wildman–Crippen LogP) is 3.92. The lowest BCUT2D eigenvalue weighted by Gasteiger charge is -2.18. The van der Waals surface area contributed by atoms with Gasteiger partial charge in [-0.1, -0.05) is 17.7 Å². The van der Waals surface area contributed by atoms with Crippen LogP contribution in [-0.2, 0) is 9.59 Å². The topological polar surface area (TPSA) is 66.5 Å². The molecule has 28 heavy (non-hydrogen) atoms. The molecule has 1 aliphatic carbocycles. The van der Waals surface area contributed by atoms with Gasteiger partial charge in [0.2, 0.25) is 11.8 Å². The Kier molecular flexibility index (Phi) is 4.55. The fourth-order valence-corrected chi connectivity index (χ4v) is 3.81. The van der Waals surface area contributed by atoms with E-state index in [2.05, 4.69) is 5.32 Å². The van der Waals surface area contributed by atoms with Crippen molar-refractivity contribution in [2.24, 2.45) is 11.8 Å². The van der Waals surface area contributed by atoms with Gasteiger partial charge in [-0.2, -0.15) is 0 Å². The Morgan fingerprint density at radius 1 is 1.07 bits per heavy atom. The lowest BCUT2D eigenvalue weighted by Crippen LogP contribution is -2.31. The van der Waals surface area contributed by atoms with Gasteiger partial charge in [0.05, 0.1) is 17.5 Å². The first kappa shape index (κ1) is 18.1. The molecule has 0 radical (unpaired) electrons. The normalized spacial score (nSPS) is 21.4. The van der Waals surface area contributed by atoms with Crippen molar-refractivity contribution >= 4 is 29.1 Å². The number of benzene rings is 2. The Morgan fingerprint density at radius 2 is 1.79 bits per heavy atom. The van der Waals surface area contributed by atoms with Crippen molar-refractivity contribution in [2.45, 2.75) is 19.8 Å². The van der Waals surface area contributed by atoms with Crippen LogP contribution in [0, 0.1) is 17.7 Å². The van der Waals surface area contributed by atoms with E-state index in [4.69, 9.17) is 0 Å². The molecule has 2 aromatic carbocycles. The number of carbonyl (C=O) groups excluding carboxylic acids is 3. The summed E-state index contributed by atoms with van der Waals surface area (Å²) in [6, 6.07) is 11.9. The van der Waals surface area contributed by atoms with Crippen LogP contribution in [0.25, 0.3) is 0 Å². The van der Waals surface area contributed by atoms with Gasteiger partial charge < -0.3 is 5.32 Å². The number of nitrogens with one attached hydrogen (secondary N) is 1. The summed E-state index contributed by atoms with van der Waals surface area (Å²) in [5, 5.41) is 2.68. The third-order valence-electron chi connectivity index (χ3n) is 5.29. The molecule has 2 atom stereocenters. The summed E-state index contributed by atoms with van der Waals surface area (Å²) in [7, 11) is 0. The van der Waals surface area contributed by atoms with Gasteiger partial charge in [-0.25, -0.2) is 4.39 Å². The zero-order valence-electron chi connectivity index (χ0n) is 15.3. The maximum absolute atomic E-state index is 13.0. The molecule has 3 amide bonds. The standard InChI is InChI=1S/C22H19FN2O3/c1-13-5-10-18-19(11-13)22(28)25(21(18)27)17-4-2-3-14(12-17)20(26)24-16-8-6-15(23)7-9-16/h2-9,12,18-19H,10-11H2,1H3,(H,24,26)/t18-,19+/m0/s1. The summed E-state index contributed by atoms with van der Waals surface area (Å²) in [5.41, 5.74) is 2.29. The van der Waals surface area contributed by atoms with Crippen molar-refractivity contribution in [1.82, 2.24) is 0 Å². The maximum Gasteiger partial charge on any atom is 0.255 e. The highest BCUT2D eigenvalue weighted by atomic mass is 19.1. The Bertz CT molecular complexity index is 997. The van der Waals surface area contributed by atoms with Crippen molar-refractivity contribution in [1.29, 1.82) is 0 Å².